The van der Waals surface area contributed by atoms with Crippen molar-refractivity contribution in [1.29, 1.82) is 0 Å². The molecule has 0 bridgehead atoms. The van der Waals surface area contributed by atoms with Crippen LogP contribution in [0.4, 0.5) is 0 Å². The lowest BCUT2D eigenvalue weighted by Crippen LogP contribution is -2.28. The van der Waals surface area contributed by atoms with Crippen molar-refractivity contribution in [2.45, 2.75) is 78.2 Å². The molecule has 2 aliphatic carbocycles. The summed E-state index contributed by atoms with van der Waals surface area (Å²) in [5.41, 5.74) is 3.08. The Kier molecular flexibility index (Phi) is 6.37. The maximum atomic E-state index is 13.1. The highest BCUT2D eigenvalue weighted by atomic mass is 16.5. The summed E-state index contributed by atoms with van der Waals surface area (Å²) in [4.78, 5) is 30.5. The highest BCUT2D eigenvalue weighted by molar-refractivity contribution is 6.24. The third kappa shape index (κ3) is 5.00. The number of carbonyl (C=O) groups is 2. The molecule has 0 aliphatic heterocycles. The van der Waals surface area contributed by atoms with Crippen LogP contribution in [0.3, 0.4) is 0 Å². The van der Waals surface area contributed by atoms with Crippen LogP contribution in [-0.4, -0.2) is 33.6 Å². The van der Waals surface area contributed by atoms with Gasteiger partial charge in [0, 0.05) is 43.9 Å². The maximum absolute atomic E-state index is 13.1. The van der Waals surface area contributed by atoms with E-state index in [1.807, 2.05) is 58.0 Å². The number of nitrogens with zero attached hydrogens (tertiary/aromatic N) is 2. The van der Waals surface area contributed by atoms with Gasteiger partial charge in [0.05, 0.1) is 16.8 Å². The number of ketones is 2. The number of benzene rings is 1. The third-order valence-corrected chi connectivity index (χ3v) is 6.40. The van der Waals surface area contributed by atoms with Gasteiger partial charge >= 0.3 is 0 Å². The number of aromatic nitrogens is 1. The van der Waals surface area contributed by atoms with E-state index >= 15 is 0 Å². The molecule has 6 heteroatoms. The van der Waals surface area contributed by atoms with Crippen molar-refractivity contribution in [3.05, 3.63) is 64.2 Å². The summed E-state index contributed by atoms with van der Waals surface area (Å²) in [6, 6.07) is 9.99. The molecule has 0 saturated heterocycles. The molecule has 1 unspecified atom stereocenters. The van der Waals surface area contributed by atoms with Gasteiger partial charge in [-0.3, -0.25) is 14.6 Å². The Labute approximate surface area is 194 Å². The van der Waals surface area contributed by atoms with Gasteiger partial charge in [0.15, 0.2) is 11.6 Å². The molecule has 1 atom stereocenters. The Morgan fingerprint density at radius 2 is 1.88 bits per heavy atom. The first-order valence-corrected chi connectivity index (χ1v) is 11.7. The van der Waals surface area contributed by atoms with Crippen molar-refractivity contribution in [2.75, 3.05) is 0 Å². The number of aliphatic hydroxyl groups is 1. The summed E-state index contributed by atoms with van der Waals surface area (Å²) in [6.45, 7) is 8.01. The standard InChI is InChI=1S/C27H32N2O4/c1-16(2)28-20-12-18(17-8-6-5-7-9-17)13-22(31)25(20)21(30)11-10-19-26-23(32)14-27(3,4)15-24(26)33-29-19/h5-9,16,18,30H,10-15H2,1-4H3/b25-21-,28-20?. The molecule has 4 rings (SSSR count). The second-order valence-corrected chi connectivity index (χ2v) is 10.3. The van der Waals surface area contributed by atoms with Crippen LogP contribution in [0.2, 0.25) is 0 Å². The molecule has 0 spiro atoms. The first-order valence-electron chi connectivity index (χ1n) is 11.7. The quantitative estimate of drug-likeness (QED) is 0.477. The zero-order valence-electron chi connectivity index (χ0n) is 19.9. The molecule has 1 heterocycles. The monoisotopic (exact) mass is 448 g/mol. The molecule has 0 radical (unpaired) electrons. The van der Waals surface area contributed by atoms with Crippen molar-refractivity contribution < 1.29 is 19.2 Å². The molecule has 0 amide bonds. The van der Waals surface area contributed by atoms with Gasteiger partial charge in [-0.2, -0.15) is 0 Å². The Balaban J connectivity index is 1.57. The van der Waals surface area contributed by atoms with E-state index in [0.29, 0.717) is 60.4 Å². The SMILES string of the molecule is CC(C)N=C1CC(c2ccccc2)CC(=O)/C1=C(\O)CCc1noc2c1C(=O)CC(C)(C)C2. The predicted octanol–water partition coefficient (Wildman–Crippen LogP) is 5.57. The van der Waals surface area contributed by atoms with Crippen LogP contribution in [0.5, 0.6) is 0 Å². The molecule has 1 N–H and O–H groups in total. The fourth-order valence-electron chi connectivity index (χ4n) is 4.96. The van der Waals surface area contributed by atoms with E-state index in [9.17, 15) is 14.7 Å². The van der Waals surface area contributed by atoms with Gasteiger partial charge in [-0.25, -0.2) is 0 Å². The second-order valence-electron chi connectivity index (χ2n) is 10.3. The molecule has 2 aliphatic rings. The number of fused-ring (bicyclic) bond motifs is 1. The van der Waals surface area contributed by atoms with Crippen LogP contribution < -0.4 is 0 Å². The van der Waals surface area contributed by atoms with Crippen molar-refractivity contribution in [2.24, 2.45) is 10.4 Å². The summed E-state index contributed by atoms with van der Waals surface area (Å²) in [5, 5.41) is 15.1. The number of allylic oxidation sites excluding steroid dienone is 2. The summed E-state index contributed by atoms with van der Waals surface area (Å²) >= 11 is 0. The Morgan fingerprint density at radius 1 is 1.15 bits per heavy atom. The number of aryl methyl sites for hydroxylation is 1. The summed E-state index contributed by atoms with van der Waals surface area (Å²) < 4.78 is 5.47. The molecule has 1 aromatic carbocycles. The number of hydrogen-bond donors (Lipinski definition) is 1. The first-order chi connectivity index (χ1) is 15.6. The van der Waals surface area contributed by atoms with E-state index in [-0.39, 0.29) is 41.1 Å². The van der Waals surface area contributed by atoms with E-state index in [1.165, 1.54) is 0 Å². The van der Waals surface area contributed by atoms with Crippen LogP contribution in [0, 0.1) is 5.41 Å². The van der Waals surface area contributed by atoms with Gasteiger partial charge in [-0.05, 0) is 37.2 Å². The summed E-state index contributed by atoms with van der Waals surface area (Å²) in [5.74, 6) is 0.639. The summed E-state index contributed by atoms with van der Waals surface area (Å²) in [7, 11) is 0. The number of aliphatic imine (C=N–C) groups is 1. The zero-order valence-corrected chi connectivity index (χ0v) is 19.9. The van der Waals surface area contributed by atoms with Crippen LogP contribution in [0.15, 0.2) is 51.2 Å². The molecule has 1 aromatic heterocycles. The Morgan fingerprint density at radius 3 is 2.58 bits per heavy atom. The van der Waals surface area contributed by atoms with E-state index in [4.69, 9.17) is 9.52 Å². The fraction of sp³-hybridized carbons (Fsp3) is 0.481. The smallest absolute Gasteiger partial charge is 0.168 e. The number of Topliss-reactive ketones (excluding diaryl/α,β-unsaturated/α-hetero) is 2. The van der Waals surface area contributed by atoms with E-state index in [1.54, 1.807) is 0 Å². The molecule has 174 valence electrons. The van der Waals surface area contributed by atoms with Gasteiger partial charge in [-0.15, -0.1) is 0 Å². The average Bonchev–Trinajstić information content (AvgIpc) is 3.13. The van der Waals surface area contributed by atoms with Crippen molar-refractivity contribution in [1.82, 2.24) is 5.16 Å². The van der Waals surface area contributed by atoms with Crippen LogP contribution in [0.25, 0.3) is 0 Å². The highest BCUT2D eigenvalue weighted by Crippen LogP contribution is 2.37. The Bertz CT molecular complexity index is 1120. The normalized spacial score (nSPS) is 23.2. The number of aliphatic hydroxyl groups excluding tert-OH is 1. The number of carbonyl (C=O) groups excluding carboxylic acids is 2. The lowest BCUT2D eigenvalue weighted by Gasteiger charge is -2.27. The van der Waals surface area contributed by atoms with Crippen molar-refractivity contribution in [3.8, 4) is 0 Å². The van der Waals surface area contributed by atoms with E-state index in [0.717, 1.165) is 5.56 Å². The van der Waals surface area contributed by atoms with Crippen LogP contribution in [0.1, 0.15) is 86.7 Å². The highest BCUT2D eigenvalue weighted by Gasteiger charge is 2.37. The topological polar surface area (TPSA) is 92.8 Å². The molecular formula is C27H32N2O4. The van der Waals surface area contributed by atoms with E-state index < -0.39 is 0 Å². The van der Waals surface area contributed by atoms with Crippen molar-refractivity contribution >= 4 is 17.3 Å². The minimum atomic E-state index is -0.142. The van der Waals surface area contributed by atoms with Gasteiger partial charge in [0.2, 0.25) is 0 Å². The zero-order chi connectivity index (χ0) is 23.8. The van der Waals surface area contributed by atoms with Crippen molar-refractivity contribution in [3.63, 3.8) is 0 Å². The predicted molar refractivity (Wildman–Crippen MR) is 127 cm³/mol. The lowest BCUT2D eigenvalue weighted by atomic mass is 9.76. The molecular weight excluding hydrogens is 416 g/mol. The largest absolute Gasteiger partial charge is 0.511 e. The van der Waals surface area contributed by atoms with E-state index in [2.05, 4.69) is 5.16 Å². The van der Waals surface area contributed by atoms with Gasteiger partial charge in [0.1, 0.15) is 11.5 Å². The molecule has 1 fully saturated rings. The average molecular weight is 449 g/mol. The van der Waals surface area contributed by atoms with Gasteiger partial charge in [0.25, 0.3) is 0 Å². The molecule has 2 aromatic rings. The third-order valence-electron chi connectivity index (χ3n) is 6.40. The lowest BCUT2D eigenvalue weighted by molar-refractivity contribution is -0.116. The maximum Gasteiger partial charge on any atom is 0.168 e. The minimum Gasteiger partial charge on any atom is -0.511 e. The second kappa shape index (κ2) is 9.08. The Hall–Kier alpha value is -3.02. The first kappa shape index (κ1) is 23.1. The van der Waals surface area contributed by atoms with Gasteiger partial charge in [-0.1, -0.05) is 49.3 Å². The molecule has 33 heavy (non-hydrogen) atoms. The van der Waals surface area contributed by atoms with Crippen LogP contribution in [-0.2, 0) is 17.6 Å². The fourth-order valence-corrected chi connectivity index (χ4v) is 4.96. The summed E-state index contributed by atoms with van der Waals surface area (Å²) in [6.07, 6.45) is 2.62. The van der Waals surface area contributed by atoms with Crippen LogP contribution >= 0.6 is 0 Å². The number of hydrogen-bond acceptors (Lipinski definition) is 6. The molecule has 6 nitrogen and oxygen atoms in total. The van der Waals surface area contributed by atoms with Gasteiger partial charge < -0.3 is 9.63 Å². The number of rotatable bonds is 5. The molecule has 1 saturated carbocycles. The minimum absolute atomic E-state index is 0.00802.